The molecule has 1 spiro atoms. The van der Waals surface area contributed by atoms with Crippen molar-refractivity contribution in [1.82, 2.24) is 4.98 Å². The third kappa shape index (κ3) is 1.88. The number of hydrogen-bond donors (Lipinski definition) is 0. The Labute approximate surface area is 124 Å². The van der Waals surface area contributed by atoms with Crippen LogP contribution in [-0.2, 0) is 5.41 Å². The van der Waals surface area contributed by atoms with Gasteiger partial charge in [-0.05, 0) is 36.6 Å². The van der Waals surface area contributed by atoms with E-state index in [1.54, 1.807) is 12.3 Å². The minimum absolute atomic E-state index is 0.0202. The van der Waals surface area contributed by atoms with E-state index in [0.29, 0.717) is 5.69 Å². The summed E-state index contributed by atoms with van der Waals surface area (Å²) in [7, 11) is 0. The summed E-state index contributed by atoms with van der Waals surface area (Å²) >= 11 is 0. The molecule has 1 aromatic carbocycles. The van der Waals surface area contributed by atoms with Gasteiger partial charge < -0.3 is 4.90 Å². The quantitative estimate of drug-likeness (QED) is 0.799. The Morgan fingerprint density at radius 3 is 2.57 bits per heavy atom. The van der Waals surface area contributed by atoms with Crippen molar-refractivity contribution < 1.29 is 4.79 Å². The number of carbonyl (C=O) groups is 1. The van der Waals surface area contributed by atoms with Crippen molar-refractivity contribution in [3.05, 3.63) is 59.9 Å². The second kappa shape index (κ2) is 4.69. The van der Waals surface area contributed by atoms with Crippen LogP contribution in [0.15, 0.2) is 48.7 Å². The SMILES string of the molecule is O=C(c1ccccn1)N1CC2(CCCC2)c2ccccc21. The Bertz CT molecular complexity index is 675. The summed E-state index contributed by atoms with van der Waals surface area (Å²) in [6.07, 6.45) is 6.59. The number of para-hydroxylation sites is 1. The van der Waals surface area contributed by atoms with Crippen molar-refractivity contribution in [3.8, 4) is 0 Å². The lowest BCUT2D eigenvalue weighted by atomic mass is 9.81. The van der Waals surface area contributed by atoms with Crippen LogP contribution in [0.25, 0.3) is 0 Å². The molecule has 0 bridgehead atoms. The molecule has 0 radical (unpaired) electrons. The molecule has 106 valence electrons. The number of hydrogen-bond acceptors (Lipinski definition) is 2. The molecule has 3 heteroatoms. The van der Waals surface area contributed by atoms with E-state index in [9.17, 15) is 4.79 Å². The average Bonchev–Trinajstić information content (AvgIpc) is 3.15. The number of pyridine rings is 1. The summed E-state index contributed by atoms with van der Waals surface area (Å²) in [6.45, 7) is 0.807. The molecule has 1 aliphatic heterocycles. The van der Waals surface area contributed by atoms with Crippen LogP contribution in [0.1, 0.15) is 41.7 Å². The molecule has 0 atom stereocenters. The van der Waals surface area contributed by atoms with Crippen molar-refractivity contribution in [2.24, 2.45) is 0 Å². The third-order valence-corrected chi connectivity index (χ3v) is 4.92. The summed E-state index contributed by atoms with van der Waals surface area (Å²) in [5.41, 5.74) is 3.14. The second-order valence-corrected chi connectivity index (χ2v) is 6.11. The van der Waals surface area contributed by atoms with Gasteiger partial charge in [0, 0.05) is 23.8 Å². The highest BCUT2D eigenvalue weighted by Crippen LogP contribution is 2.50. The van der Waals surface area contributed by atoms with Gasteiger partial charge in [0.15, 0.2) is 0 Å². The van der Waals surface area contributed by atoms with Gasteiger partial charge in [-0.25, -0.2) is 0 Å². The molecule has 2 aliphatic rings. The van der Waals surface area contributed by atoms with Gasteiger partial charge in [-0.15, -0.1) is 0 Å². The van der Waals surface area contributed by atoms with Crippen LogP contribution < -0.4 is 4.90 Å². The Morgan fingerprint density at radius 1 is 1.05 bits per heavy atom. The fourth-order valence-corrected chi connectivity index (χ4v) is 3.92. The second-order valence-electron chi connectivity index (χ2n) is 6.11. The number of rotatable bonds is 1. The summed E-state index contributed by atoms with van der Waals surface area (Å²) in [6, 6.07) is 13.9. The first-order valence-corrected chi connectivity index (χ1v) is 7.63. The predicted molar refractivity (Wildman–Crippen MR) is 82.5 cm³/mol. The largest absolute Gasteiger partial charge is 0.306 e. The third-order valence-electron chi connectivity index (χ3n) is 4.92. The highest BCUT2D eigenvalue weighted by molar-refractivity contribution is 6.06. The fourth-order valence-electron chi connectivity index (χ4n) is 3.92. The lowest BCUT2D eigenvalue weighted by Gasteiger charge is -2.24. The van der Waals surface area contributed by atoms with Gasteiger partial charge in [-0.1, -0.05) is 37.1 Å². The van der Waals surface area contributed by atoms with E-state index in [1.807, 2.05) is 23.1 Å². The summed E-state index contributed by atoms with van der Waals surface area (Å²) in [4.78, 5) is 19.0. The molecule has 3 nitrogen and oxygen atoms in total. The smallest absolute Gasteiger partial charge is 0.276 e. The zero-order valence-corrected chi connectivity index (χ0v) is 12.0. The van der Waals surface area contributed by atoms with Crippen LogP contribution >= 0.6 is 0 Å². The highest BCUT2D eigenvalue weighted by atomic mass is 16.2. The van der Waals surface area contributed by atoms with E-state index in [0.717, 1.165) is 12.2 Å². The molecule has 1 saturated carbocycles. The first kappa shape index (κ1) is 12.6. The predicted octanol–water partition coefficient (Wildman–Crippen LogP) is 3.55. The molecular weight excluding hydrogens is 260 g/mol. The lowest BCUT2D eigenvalue weighted by Crippen LogP contribution is -2.35. The number of nitrogens with zero attached hydrogens (tertiary/aromatic N) is 2. The van der Waals surface area contributed by atoms with Crippen molar-refractivity contribution in [3.63, 3.8) is 0 Å². The Morgan fingerprint density at radius 2 is 1.81 bits per heavy atom. The molecule has 2 aromatic rings. The van der Waals surface area contributed by atoms with Crippen LogP contribution in [0.2, 0.25) is 0 Å². The van der Waals surface area contributed by atoms with Gasteiger partial charge in [0.05, 0.1) is 0 Å². The maximum atomic E-state index is 12.8. The number of aromatic nitrogens is 1. The monoisotopic (exact) mass is 278 g/mol. The molecule has 0 saturated heterocycles. The van der Waals surface area contributed by atoms with Crippen LogP contribution in [0, 0.1) is 0 Å². The van der Waals surface area contributed by atoms with Crippen LogP contribution in [0.3, 0.4) is 0 Å². The van der Waals surface area contributed by atoms with E-state index in [4.69, 9.17) is 0 Å². The minimum Gasteiger partial charge on any atom is -0.306 e. The maximum absolute atomic E-state index is 12.8. The zero-order chi connectivity index (χ0) is 14.3. The van der Waals surface area contributed by atoms with Crippen molar-refractivity contribution in [2.45, 2.75) is 31.1 Å². The van der Waals surface area contributed by atoms with Crippen molar-refractivity contribution in [2.75, 3.05) is 11.4 Å². The van der Waals surface area contributed by atoms with Crippen LogP contribution in [-0.4, -0.2) is 17.4 Å². The van der Waals surface area contributed by atoms with Gasteiger partial charge in [0.25, 0.3) is 5.91 Å². The average molecular weight is 278 g/mol. The minimum atomic E-state index is 0.0202. The van der Waals surface area contributed by atoms with E-state index < -0.39 is 0 Å². The summed E-state index contributed by atoms with van der Waals surface area (Å²) < 4.78 is 0. The number of benzene rings is 1. The van der Waals surface area contributed by atoms with E-state index in [2.05, 4.69) is 23.2 Å². The Balaban J connectivity index is 1.77. The van der Waals surface area contributed by atoms with E-state index >= 15 is 0 Å². The molecule has 21 heavy (non-hydrogen) atoms. The number of anilines is 1. The molecule has 2 heterocycles. The molecule has 4 rings (SSSR count). The fraction of sp³-hybridized carbons (Fsp3) is 0.333. The molecule has 0 N–H and O–H groups in total. The van der Waals surface area contributed by atoms with E-state index in [-0.39, 0.29) is 11.3 Å². The summed E-state index contributed by atoms with van der Waals surface area (Å²) in [5, 5.41) is 0. The van der Waals surface area contributed by atoms with Gasteiger partial charge in [-0.2, -0.15) is 0 Å². The van der Waals surface area contributed by atoms with Crippen LogP contribution in [0.5, 0.6) is 0 Å². The normalized spacial score (nSPS) is 19.0. The zero-order valence-electron chi connectivity index (χ0n) is 12.0. The van der Waals surface area contributed by atoms with Crippen molar-refractivity contribution in [1.29, 1.82) is 0 Å². The van der Waals surface area contributed by atoms with Crippen LogP contribution in [0.4, 0.5) is 5.69 Å². The molecule has 1 aliphatic carbocycles. The topological polar surface area (TPSA) is 33.2 Å². The first-order chi connectivity index (χ1) is 10.3. The first-order valence-electron chi connectivity index (χ1n) is 7.63. The standard InChI is InChI=1S/C18H18N2O/c21-17(15-8-3-6-12-19-15)20-13-18(10-4-5-11-18)14-7-1-2-9-16(14)20/h1-3,6-9,12H,4-5,10-11,13H2. The molecule has 0 unspecified atom stereocenters. The molecular formula is C18H18N2O. The summed E-state index contributed by atoms with van der Waals surface area (Å²) in [5.74, 6) is 0.0202. The molecule has 1 aromatic heterocycles. The number of fused-ring (bicyclic) bond motifs is 2. The molecule has 1 fully saturated rings. The van der Waals surface area contributed by atoms with Gasteiger partial charge in [0.1, 0.15) is 5.69 Å². The van der Waals surface area contributed by atoms with Crippen molar-refractivity contribution >= 4 is 11.6 Å². The lowest BCUT2D eigenvalue weighted by molar-refractivity contribution is 0.0980. The van der Waals surface area contributed by atoms with Gasteiger partial charge in [-0.3, -0.25) is 9.78 Å². The highest BCUT2D eigenvalue weighted by Gasteiger charge is 2.46. The van der Waals surface area contributed by atoms with E-state index in [1.165, 1.54) is 31.2 Å². The molecule has 1 amide bonds. The number of amides is 1. The maximum Gasteiger partial charge on any atom is 0.276 e. The van der Waals surface area contributed by atoms with Gasteiger partial charge in [0.2, 0.25) is 0 Å². The van der Waals surface area contributed by atoms with Gasteiger partial charge >= 0.3 is 0 Å². The number of carbonyl (C=O) groups excluding carboxylic acids is 1. The Kier molecular flexibility index (Phi) is 2.81. The Hall–Kier alpha value is -2.16.